The molecule has 2 unspecified atom stereocenters. The van der Waals surface area contributed by atoms with Crippen LogP contribution in [-0.4, -0.2) is 18.2 Å². The predicted molar refractivity (Wildman–Crippen MR) is 56.1 cm³/mol. The van der Waals surface area contributed by atoms with E-state index in [4.69, 9.17) is 4.74 Å². The molecule has 1 heterocycles. The Bertz CT molecular complexity index is 324. The Balaban J connectivity index is 1.87. The topological polar surface area (TPSA) is 38.3 Å². The number of hydrogen-bond acceptors (Lipinski definition) is 2. The van der Waals surface area contributed by atoms with Gasteiger partial charge < -0.3 is 10.1 Å². The molecular formula is C12H17NO2. The summed E-state index contributed by atoms with van der Waals surface area (Å²) >= 11 is 0. The Morgan fingerprint density at radius 2 is 2.40 bits per heavy atom. The average Bonchev–Trinajstić information content (AvgIpc) is 2.67. The zero-order valence-corrected chi connectivity index (χ0v) is 8.92. The number of amides is 1. The highest BCUT2D eigenvalue weighted by molar-refractivity contribution is 5.87. The third-order valence-electron chi connectivity index (χ3n) is 4.00. The number of allylic oxidation sites excluding steroid dienone is 1. The van der Waals surface area contributed by atoms with Gasteiger partial charge in [-0.3, -0.25) is 4.79 Å². The number of fused-ring (bicyclic) bond motifs is 1. The summed E-state index contributed by atoms with van der Waals surface area (Å²) in [6, 6.07) is 0. The van der Waals surface area contributed by atoms with Crippen LogP contribution in [-0.2, 0) is 9.53 Å². The summed E-state index contributed by atoms with van der Waals surface area (Å²) in [5.74, 6) is 0.716. The fraction of sp³-hybridized carbons (Fsp3) is 0.750. The zero-order chi connectivity index (χ0) is 10.3. The van der Waals surface area contributed by atoms with Gasteiger partial charge in [-0.2, -0.15) is 0 Å². The first-order valence-electron chi connectivity index (χ1n) is 5.91. The Kier molecular flexibility index (Phi) is 2.09. The van der Waals surface area contributed by atoms with Gasteiger partial charge >= 0.3 is 0 Å². The van der Waals surface area contributed by atoms with E-state index in [0.717, 1.165) is 12.8 Å². The van der Waals surface area contributed by atoms with E-state index in [1.807, 2.05) is 0 Å². The number of carbonyl (C=O) groups is 1. The van der Waals surface area contributed by atoms with Gasteiger partial charge in [-0.1, -0.05) is 18.1 Å². The van der Waals surface area contributed by atoms with Crippen LogP contribution in [0.5, 0.6) is 0 Å². The molecule has 1 N–H and O–H groups in total. The maximum Gasteiger partial charge on any atom is 0.254 e. The first-order chi connectivity index (χ1) is 7.30. The molecule has 0 aromatic rings. The molecule has 1 aliphatic heterocycles. The summed E-state index contributed by atoms with van der Waals surface area (Å²) in [4.78, 5) is 11.8. The van der Waals surface area contributed by atoms with Crippen molar-refractivity contribution in [3.63, 3.8) is 0 Å². The molecule has 2 fully saturated rings. The molecule has 1 saturated heterocycles. The van der Waals surface area contributed by atoms with E-state index >= 15 is 0 Å². The molecule has 0 radical (unpaired) electrons. The summed E-state index contributed by atoms with van der Waals surface area (Å²) < 4.78 is 5.64. The standard InChI is InChI=1S/C12H17NO2/c14-11-12(15-8-13-11)6-9-4-2-1-3-5-10(9)7-12/h4,10H,1-3,5-8H2,(H,13,14). The SMILES string of the molecule is O=C1NCOC12CC1=CCCCCC1C2. The zero-order valence-electron chi connectivity index (χ0n) is 8.92. The molecule has 1 spiro atoms. The molecule has 2 atom stereocenters. The fourth-order valence-electron chi connectivity index (χ4n) is 3.17. The molecular weight excluding hydrogens is 190 g/mol. The lowest BCUT2D eigenvalue weighted by molar-refractivity contribution is -0.131. The van der Waals surface area contributed by atoms with Crippen LogP contribution in [0.4, 0.5) is 0 Å². The summed E-state index contributed by atoms with van der Waals surface area (Å²) in [7, 11) is 0. The number of ether oxygens (including phenoxy) is 1. The Hall–Kier alpha value is -0.830. The lowest BCUT2D eigenvalue weighted by Gasteiger charge is -2.18. The summed E-state index contributed by atoms with van der Waals surface area (Å²) in [5.41, 5.74) is 0.984. The molecule has 82 valence electrons. The van der Waals surface area contributed by atoms with Crippen molar-refractivity contribution in [3.8, 4) is 0 Å². The molecule has 3 nitrogen and oxygen atoms in total. The largest absolute Gasteiger partial charge is 0.345 e. The van der Waals surface area contributed by atoms with E-state index < -0.39 is 5.60 Å². The molecule has 15 heavy (non-hydrogen) atoms. The molecule has 0 bridgehead atoms. The van der Waals surface area contributed by atoms with Crippen LogP contribution >= 0.6 is 0 Å². The van der Waals surface area contributed by atoms with Crippen molar-refractivity contribution in [1.29, 1.82) is 0 Å². The van der Waals surface area contributed by atoms with Gasteiger partial charge in [0.2, 0.25) is 0 Å². The number of nitrogens with one attached hydrogen (secondary N) is 1. The van der Waals surface area contributed by atoms with Crippen LogP contribution < -0.4 is 5.32 Å². The maximum atomic E-state index is 11.8. The third kappa shape index (κ3) is 1.41. The number of hydrogen-bond donors (Lipinski definition) is 1. The monoisotopic (exact) mass is 207 g/mol. The minimum Gasteiger partial charge on any atom is -0.345 e. The van der Waals surface area contributed by atoms with Crippen molar-refractivity contribution in [2.75, 3.05) is 6.73 Å². The van der Waals surface area contributed by atoms with E-state index in [0.29, 0.717) is 12.6 Å². The van der Waals surface area contributed by atoms with Gasteiger partial charge in [0.15, 0.2) is 5.60 Å². The van der Waals surface area contributed by atoms with Crippen LogP contribution in [0.15, 0.2) is 11.6 Å². The van der Waals surface area contributed by atoms with Gasteiger partial charge in [-0.05, 0) is 31.6 Å². The van der Waals surface area contributed by atoms with E-state index in [1.165, 1.54) is 31.3 Å². The molecule has 3 heteroatoms. The number of carbonyl (C=O) groups excluding carboxylic acids is 1. The summed E-state index contributed by atoms with van der Waals surface area (Å²) in [6.45, 7) is 0.402. The van der Waals surface area contributed by atoms with Crippen molar-refractivity contribution in [1.82, 2.24) is 5.32 Å². The van der Waals surface area contributed by atoms with Gasteiger partial charge in [0.05, 0.1) is 0 Å². The van der Waals surface area contributed by atoms with Gasteiger partial charge in [0.25, 0.3) is 5.91 Å². The minimum absolute atomic E-state index is 0.108. The first-order valence-corrected chi connectivity index (χ1v) is 5.91. The summed E-state index contributed by atoms with van der Waals surface area (Å²) in [5, 5.41) is 2.79. The quantitative estimate of drug-likeness (QED) is 0.614. The third-order valence-corrected chi connectivity index (χ3v) is 4.00. The van der Waals surface area contributed by atoms with Crippen molar-refractivity contribution < 1.29 is 9.53 Å². The van der Waals surface area contributed by atoms with E-state index in [-0.39, 0.29) is 5.91 Å². The Morgan fingerprint density at radius 1 is 1.47 bits per heavy atom. The second-order valence-corrected chi connectivity index (χ2v) is 4.93. The van der Waals surface area contributed by atoms with E-state index in [2.05, 4.69) is 11.4 Å². The smallest absolute Gasteiger partial charge is 0.254 e. The van der Waals surface area contributed by atoms with E-state index in [1.54, 1.807) is 0 Å². The van der Waals surface area contributed by atoms with Crippen molar-refractivity contribution >= 4 is 5.91 Å². The van der Waals surface area contributed by atoms with Crippen LogP contribution in [0.1, 0.15) is 38.5 Å². The molecule has 0 aromatic heterocycles. The van der Waals surface area contributed by atoms with E-state index in [9.17, 15) is 4.79 Å². The van der Waals surface area contributed by atoms with Gasteiger partial charge in [-0.15, -0.1) is 0 Å². The number of rotatable bonds is 0. The molecule has 3 aliphatic rings. The molecule has 1 amide bonds. The summed E-state index contributed by atoms with van der Waals surface area (Å²) in [6.07, 6.45) is 9.12. The lowest BCUT2D eigenvalue weighted by Crippen LogP contribution is -2.36. The highest BCUT2D eigenvalue weighted by Gasteiger charge is 2.51. The van der Waals surface area contributed by atoms with Crippen molar-refractivity contribution in [2.24, 2.45) is 5.92 Å². The maximum absolute atomic E-state index is 11.8. The van der Waals surface area contributed by atoms with Gasteiger partial charge in [0.1, 0.15) is 6.73 Å². The molecule has 1 saturated carbocycles. The van der Waals surface area contributed by atoms with Crippen molar-refractivity contribution in [3.05, 3.63) is 11.6 Å². The van der Waals surface area contributed by atoms with Crippen LogP contribution in [0.25, 0.3) is 0 Å². The van der Waals surface area contributed by atoms with Crippen LogP contribution in [0, 0.1) is 5.92 Å². The second-order valence-electron chi connectivity index (χ2n) is 4.93. The second kappa shape index (κ2) is 3.34. The molecule has 3 rings (SSSR count). The van der Waals surface area contributed by atoms with Gasteiger partial charge in [0, 0.05) is 6.42 Å². The van der Waals surface area contributed by atoms with Gasteiger partial charge in [-0.25, -0.2) is 0 Å². The first kappa shape index (κ1) is 9.40. The van der Waals surface area contributed by atoms with Crippen LogP contribution in [0.2, 0.25) is 0 Å². The minimum atomic E-state index is -0.492. The molecule has 0 aromatic carbocycles. The van der Waals surface area contributed by atoms with Crippen LogP contribution in [0.3, 0.4) is 0 Å². The van der Waals surface area contributed by atoms with Crippen molar-refractivity contribution in [2.45, 2.75) is 44.1 Å². The lowest BCUT2D eigenvalue weighted by atomic mass is 9.96. The Morgan fingerprint density at radius 3 is 3.20 bits per heavy atom. The highest BCUT2D eigenvalue weighted by Crippen LogP contribution is 2.46. The highest BCUT2D eigenvalue weighted by atomic mass is 16.5. The normalized spacial score (nSPS) is 39.9. The predicted octanol–water partition coefficient (Wildman–Crippen LogP) is 1.74. The average molecular weight is 207 g/mol. The Labute approximate surface area is 89.9 Å². The fourth-order valence-corrected chi connectivity index (χ4v) is 3.17. The molecule has 2 aliphatic carbocycles.